The number of nitrogens with zero attached hydrogens (tertiary/aromatic N) is 1. The van der Waals surface area contributed by atoms with Gasteiger partial charge in [0.05, 0.1) is 0 Å². The third kappa shape index (κ3) is 5.25. The Morgan fingerprint density at radius 1 is 1.03 bits per heavy atom. The predicted molar refractivity (Wildman–Crippen MR) is 114 cm³/mol. The minimum atomic E-state index is -1.65. The standard InChI is InChI=1S/C22H27BN2O4/c1-16(26)25(20-13-6-3-7-14-20)21(17-9-8-10-18(15-17)23(28)29)22(27)24-19-11-4-2-5-12-19/h3,6-10,13-15,19,21,28-29H,2,4-5,11-12H2,1H3,(H,24,27). The topological polar surface area (TPSA) is 89.9 Å². The van der Waals surface area contributed by atoms with Gasteiger partial charge in [0, 0.05) is 18.7 Å². The third-order valence-electron chi connectivity index (χ3n) is 5.36. The smallest absolute Gasteiger partial charge is 0.423 e. The van der Waals surface area contributed by atoms with Crippen molar-refractivity contribution in [2.24, 2.45) is 0 Å². The molecule has 1 saturated carbocycles. The fourth-order valence-electron chi connectivity index (χ4n) is 3.94. The molecule has 0 aliphatic heterocycles. The molecule has 7 heteroatoms. The molecule has 0 heterocycles. The molecule has 29 heavy (non-hydrogen) atoms. The van der Waals surface area contributed by atoms with Gasteiger partial charge in [-0.25, -0.2) is 0 Å². The van der Waals surface area contributed by atoms with Crippen LogP contribution in [0.3, 0.4) is 0 Å². The minimum absolute atomic E-state index is 0.0925. The molecule has 2 amide bonds. The van der Waals surface area contributed by atoms with Crippen molar-refractivity contribution in [3.8, 4) is 0 Å². The zero-order valence-corrected chi connectivity index (χ0v) is 16.6. The number of benzene rings is 2. The summed E-state index contributed by atoms with van der Waals surface area (Å²) in [5, 5.41) is 22.3. The number of carbonyl (C=O) groups excluding carboxylic acids is 2. The van der Waals surface area contributed by atoms with Gasteiger partial charge in [0.15, 0.2) is 0 Å². The van der Waals surface area contributed by atoms with Gasteiger partial charge in [0.25, 0.3) is 0 Å². The summed E-state index contributed by atoms with van der Waals surface area (Å²) in [4.78, 5) is 27.5. The lowest BCUT2D eigenvalue weighted by molar-refractivity contribution is -0.126. The first-order valence-electron chi connectivity index (χ1n) is 10.1. The summed E-state index contributed by atoms with van der Waals surface area (Å²) in [5.41, 5.74) is 1.41. The van der Waals surface area contributed by atoms with E-state index in [2.05, 4.69) is 5.32 Å². The summed E-state index contributed by atoms with van der Waals surface area (Å²) in [6, 6.07) is 14.8. The number of nitrogens with one attached hydrogen (secondary N) is 1. The SMILES string of the molecule is CC(=O)N(c1ccccc1)C(C(=O)NC1CCCCC1)c1cccc(B(O)O)c1. The van der Waals surface area contributed by atoms with Gasteiger partial charge in [-0.3, -0.25) is 14.5 Å². The normalized spacial score (nSPS) is 15.4. The molecule has 0 saturated heterocycles. The molecule has 1 unspecified atom stereocenters. The molecule has 3 rings (SSSR count). The number of carbonyl (C=O) groups is 2. The van der Waals surface area contributed by atoms with Crippen molar-refractivity contribution in [1.29, 1.82) is 0 Å². The lowest BCUT2D eigenvalue weighted by Crippen LogP contribution is -2.47. The van der Waals surface area contributed by atoms with Crippen LogP contribution in [0.25, 0.3) is 0 Å². The Bertz CT molecular complexity index is 838. The van der Waals surface area contributed by atoms with Crippen LogP contribution in [0.4, 0.5) is 5.69 Å². The first-order chi connectivity index (χ1) is 14.0. The van der Waals surface area contributed by atoms with Crippen molar-refractivity contribution in [3.05, 3.63) is 60.2 Å². The molecule has 3 N–H and O–H groups in total. The number of hydrogen-bond acceptors (Lipinski definition) is 4. The average Bonchev–Trinajstić information content (AvgIpc) is 2.73. The van der Waals surface area contributed by atoms with Crippen molar-refractivity contribution < 1.29 is 19.6 Å². The van der Waals surface area contributed by atoms with Gasteiger partial charge in [-0.1, -0.05) is 61.7 Å². The molecule has 1 atom stereocenters. The van der Waals surface area contributed by atoms with Crippen LogP contribution in [0.15, 0.2) is 54.6 Å². The monoisotopic (exact) mass is 394 g/mol. The van der Waals surface area contributed by atoms with Crippen LogP contribution in [0.1, 0.15) is 50.6 Å². The Hall–Kier alpha value is -2.64. The highest BCUT2D eigenvalue weighted by molar-refractivity contribution is 6.58. The van der Waals surface area contributed by atoms with Crippen molar-refractivity contribution in [1.82, 2.24) is 5.32 Å². The van der Waals surface area contributed by atoms with E-state index in [1.807, 2.05) is 18.2 Å². The number of hydrogen-bond donors (Lipinski definition) is 3. The lowest BCUT2D eigenvalue weighted by Gasteiger charge is -2.33. The van der Waals surface area contributed by atoms with Crippen LogP contribution < -0.4 is 15.7 Å². The molecule has 1 aliphatic carbocycles. The maximum Gasteiger partial charge on any atom is 0.488 e. The zero-order valence-electron chi connectivity index (χ0n) is 16.6. The highest BCUT2D eigenvalue weighted by Gasteiger charge is 2.33. The Labute approximate surface area is 171 Å². The van der Waals surface area contributed by atoms with Gasteiger partial charge < -0.3 is 15.4 Å². The van der Waals surface area contributed by atoms with E-state index in [1.165, 1.54) is 18.2 Å². The quantitative estimate of drug-likeness (QED) is 0.653. The van der Waals surface area contributed by atoms with E-state index in [0.717, 1.165) is 25.7 Å². The highest BCUT2D eigenvalue weighted by Crippen LogP contribution is 2.28. The summed E-state index contributed by atoms with van der Waals surface area (Å²) >= 11 is 0. The second-order valence-corrected chi connectivity index (χ2v) is 7.51. The van der Waals surface area contributed by atoms with Crippen molar-refractivity contribution >= 4 is 30.1 Å². The molecule has 2 aromatic rings. The second kappa shape index (κ2) is 9.72. The first-order valence-corrected chi connectivity index (χ1v) is 10.1. The summed E-state index contributed by atoms with van der Waals surface area (Å²) in [5.74, 6) is -0.532. The van der Waals surface area contributed by atoms with E-state index < -0.39 is 13.2 Å². The number of rotatable bonds is 6. The molecular formula is C22H27BN2O4. The Balaban J connectivity index is 2.01. The van der Waals surface area contributed by atoms with E-state index >= 15 is 0 Å². The largest absolute Gasteiger partial charge is 0.488 e. The molecule has 0 aromatic heterocycles. The van der Waals surface area contributed by atoms with Gasteiger partial charge in [-0.15, -0.1) is 0 Å². The highest BCUT2D eigenvalue weighted by atomic mass is 16.4. The molecular weight excluding hydrogens is 367 g/mol. The summed E-state index contributed by atoms with van der Waals surface area (Å²) in [6.07, 6.45) is 5.20. The zero-order chi connectivity index (χ0) is 20.8. The predicted octanol–water partition coefficient (Wildman–Crippen LogP) is 1.91. The average molecular weight is 394 g/mol. The Morgan fingerprint density at radius 2 is 1.72 bits per heavy atom. The van der Waals surface area contributed by atoms with Crippen LogP contribution in [-0.2, 0) is 9.59 Å². The fourth-order valence-corrected chi connectivity index (χ4v) is 3.94. The summed E-state index contributed by atoms with van der Waals surface area (Å²) in [6.45, 7) is 1.43. The first kappa shape index (κ1) is 21.1. The van der Waals surface area contributed by atoms with Gasteiger partial charge in [-0.2, -0.15) is 0 Å². The molecule has 2 aromatic carbocycles. The van der Waals surface area contributed by atoms with Crippen LogP contribution in [0, 0.1) is 0 Å². The molecule has 6 nitrogen and oxygen atoms in total. The molecule has 1 fully saturated rings. The summed E-state index contributed by atoms with van der Waals surface area (Å²) in [7, 11) is -1.65. The van der Waals surface area contributed by atoms with Crippen LogP contribution in [-0.4, -0.2) is 35.0 Å². The third-order valence-corrected chi connectivity index (χ3v) is 5.36. The molecule has 0 spiro atoms. The van der Waals surface area contributed by atoms with E-state index in [4.69, 9.17) is 0 Å². The van der Waals surface area contributed by atoms with Gasteiger partial charge in [0.1, 0.15) is 6.04 Å². The molecule has 0 bridgehead atoms. The Kier molecular flexibility index (Phi) is 7.06. The fraction of sp³-hybridized carbons (Fsp3) is 0.364. The van der Waals surface area contributed by atoms with Crippen molar-refractivity contribution in [3.63, 3.8) is 0 Å². The van der Waals surface area contributed by atoms with Crippen LogP contribution >= 0.6 is 0 Å². The molecule has 0 radical (unpaired) electrons. The van der Waals surface area contributed by atoms with Crippen molar-refractivity contribution in [2.45, 2.75) is 51.1 Å². The van der Waals surface area contributed by atoms with Crippen LogP contribution in [0.2, 0.25) is 0 Å². The summed E-state index contributed by atoms with van der Waals surface area (Å²) < 4.78 is 0. The number of amides is 2. The van der Waals surface area contributed by atoms with E-state index in [9.17, 15) is 19.6 Å². The van der Waals surface area contributed by atoms with Gasteiger partial charge in [-0.05, 0) is 36.0 Å². The minimum Gasteiger partial charge on any atom is -0.423 e. The molecule has 152 valence electrons. The van der Waals surface area contributed by atoms with E-state index in [1.54, 1.807) is 36.4 Å². The Morgan fingerprint density at radius 3 is 2.34 bits per heavy atom. The van der Waals surface area contributed by atoms with Gasteiger partial charge in [0.2, 0.25) is 11.8 Å². The molecule has 1 aliphatic rings. The van der Waals surface area contributed by atoms with E-state index in [0.29, 0.717) is 11.3 Å². The van der Waals surface area contributed by atoms with Crippen molar-refractivity contribution in [2.75, 3.05) is 4.90 Å². The van der Waals surface area contributed by atoms with Gasteiger partial charge >= 0.3 is 7.12 Å². The van der Waals surface area contributed by atoms with Crippen LogP contribution in [0.5, 0.6) is 0 Å². The number of para-hydroxylation sites is 1. The lowest BCUT2D eigenvalue weighted by atomic mass is 9.79. The number of anilines is 1. The maximum absolute atomic E-state index is 13.4. The second-order valence-electron chi connectivity index (χ2n) is 7.51. The maximum atomic E-state index is 13.4. The van der Waals surface area contributed by atoms with E-state index in [-0.39, 0.29) is 23.3 Å².